The molecule has 1 aliphatic rings. The number of carbonyl (C=O) groups excluding carboxylic acids is 1. The molecule has 0 heterocycles. The maximum atomic E-state index is 11.5. The average Bonchev–Trinajstić information content (AvgIpc) is 2.65. The Morgan fingerprint density at radius 1 is 1.27 bits per heavy atom. The Morgan fingerprint density at radius 2 is 2.07 bits per heavy atom. The van der Waals surface area contributed by atoms with Gasteiger partial charge in [0, 0.05) is 12.0 Å². The van der Waals surface area contributed by atoms with Crippen LogP contribution in [0.4, 0.5) is 0 Å². The Labute approximate surface area is 89.6 Å². The normalized spacial score (nSPS) is 18.5. The van der Waals surface area contributed by atoms with Crippen molar-refractivity contribution in [2.24, 2.45) is 0 Å². The lowest BCUT2D eigenvalue weighted by molar-refractivity contribution is -0.114. The van der Waals surface area contributed by atoms with Crippen LogP contribution in [-0.2, 0) is 4.79 Å². The van der Waals surface area contributed by atoms with E-state index in [1.807, 2.05) is 30.3 Å². The molecule has 1 aliphatic carbocycles. The Balaban J connectivity index is 2.34. The zero-order valence-electron chi connectivity index (χ0n) is 8.82. The lowest BCUT2D eigenvalue weighted by Gasteiger charge is -2.04. The third-order valence-electron chi connectivity index (χ3n) is 2.68. The molecule has 0 atom stereocenters. The van der Waals surface area contributed by atoms with Crippen molar-refractivity contribution in [1.82, 2.24) is 0 Å². The van der Waals surface area contributed by atoms with Gasteiger partial charge in [0.2, 0.25) is 0 Å². The molecule has 15 heavy (non-hydrogen) atoms. The van der Waals surface area contributed by atoms with Crippen LogP contribution in [0.25, 0.3) is 6.08 Å². The smallest absolute Gasteiger partial charge is 0.158 e. The Morgan fingerprint density at radius 3 is 2.73 bits per heavy atom. The number of benzene rings is 1. The SMILES string of the molecule is COc1ccccc1C=C1CCCC1=O. The van der Waals surface area contributed by atoms with Crippen molar-refractivity contribution < 1.29 is 9.53 Å². The molecule has 0 aliphatic heterocycles. The van der Waals surface area contributed by atoms with Gasteiger partial charge < -0.3 is 4.74 Å². The van der Waals surface area contributed by atoms with E-state index in [2.05, 4.69) is 0 Å². The van der Waals surface area contributed by atoms with E-state index in [-0.39, 0.29) is 5.78 Å². The van der Waals surface area contributed by atoms with E-state index in [1.165, 1.54) is 0 Å². The van der Waals surface area contributed by atoms with Crippen molar-refractivity contribution in [1.29, 1.82) is 0 Å². The molecule has 1 aromatic rings. The molecule has 0 N–H and O–H groups in total. The number of Topliss-reactive ketones (excluding diaryl/α,β-unsaturated/α-hetero) is 1. The summed E-state index contributed by atoms with van der Waals surface area (Å²) in [7, 11) is 1.65. The quantitative estimate of drug-likeness (QED) is 0.689. The van der Waals surface area contributed by atoms with Crippen molar-refractivity contribution in [2.45, 2.75) is 19.3 Å². The first kappa shape index (κ1) is 9.97. The number of carbonyl (C=O) groups is 1. The van der Waals surface area contributed by atoms with E-state index in [0.29, 0.717) is 6.42 Å². The average molecular weight is 202 g/mol. The van der Waals surface area contributed by atoms with Crippen molar-refractivity contribution in [2.75, 3.05) is 7.11 Å². The Hall–Kier alpha value is -1.57. The summed E-state index contributed by atoms with van der Waals surface area (Å²) < 4.78 is 5.23. The lowest BCUT2D eigenvalue weighted by atomic mass is 10.1. The van der Waals surface area contributed by atoms with Crippen LogP contribution in [0.3, 0.4) is 0 Å². The number of hydrogen-bond acceptors (Lipinski definition) is 2. The van der Waals surface area contributed by atoms with Crippen LogP contribution in [0, 0.1) is 0 Å². The molecule has 2 nitrogen and oxygen atoms in total. The van der Waals surface area contributed by atoms with Crippen LogP contribution in [0.2, 0.25) is 0 Å². The third kappa shape index (κ3) is 2.09. The number of allylic oxidation sites excluding steroid dienone is 1. The monoisotopic (exact) mass is 202 g/mol. The number of ketones is 1. The third-order valence-corrected chi connectivity index (χ3v) is 2.68. The molecule has 0 unspecified atom stereocenters. The molecule has 0 amide bonds. The Bertz CT molecular complexity index is 405. The topological polar surface area (TPSA) is 26.3 Å². The van der Waals surface area contributed by atoms with Gasteiger partial charge in [0.15, 0.2) is 5.78 Å². The first-order valence-electron chi connectivity index (χ1n) is 5.18. The van der Waals surface area contributed by atoms with Crippen LogP contribution < -0.4 is 4.74 Å². The van der Waals surface area contributed by atoms with Gasteiger partial charge in [-0.05, 0) is 30.6 Å². The van der Waals surface area contributed by atoms with Gasteiger partial charge in [-0.2, -0.15) is 0 Å². The minimum atomic E-state index is 0.279. The second kappa shape index (κ2) is 4.30. The number of hydrogen-bond donors (Lipinski definition) is 0. The van der Waals surface area contributed by atoms with E-state index < -0.39 is 0 Å². The first-order valence-corrected chi connectivity index (χ1v) is 5.18. The maximum absolute atomic E-state index is 11.5. The van der Waals surface area contributed by atoms with Crippen LogP contribution in [0.1, 0.15) is 24.8 Å². The summed E-state index contributed by atoms with van der Waals surface area (Å²) >= 11 is 0. The van der Waals surface area contributed by atoms with Gasteiger partial charge in [-0.25, -0.2) is 0 Å². The largest absolute Gasteiger partial charge is 0.496 e. The fourth-order valence-corrected chi connectivity index (χ4v) is 1.87. The summed E-state index contributed by atoms with van der Waals surface area (Å²) in [4.78, 5) is 11.5. The van der Waals surface area contributed by atoms with Gasteiger partial charge >= 0.3 is 0 Å². The van der Waals surface area contributed by atoms with Crippen LogP contribution in [0.15, 0.2) is 29.8 Å². The van der Waals surface area contributed by atoms with Crippen molar-refractivity contribution in [3.63, 3.8) is 0 Å². The van der Waals surface area contributed by atoms with E-state index in [9.17, 15) is 4.79 Å². The number of para-hydroxylation sites is 1. The fraction of sp³-hybridized carbons (Fsp3) is 0.308. The predicted molar refractivity (Wildman–Crippen MR) is 59.8 cm³/mol. The minimum absolute atomic E-state index is 0.279. The van der Waals surface area contributed by atoms with Gasteiger partial charge in [-0.3, -0.25) is 4.79 Å². The fourth-order valence-electron chi connectivity index (χ4n) is 1.87. The molecule has 0 spiro atoms. The van der Waals surface area contributed by atoms with Gasteiger partial charge in [0.05, 0.1) is 7.11 Å². The molecule has 0 saturated heterocycles. The highest BCUT2D eigenvalue weighted by Crippen LogP contribution is 2.26. The summed E-state index contributed by atoms with van der Waals surface area (Å²) in [5.41, 5.74) is 1.92. The lowest BCUT2D eigenvalue weighted by Crippen LogP contribution is -1.92. The second-order valence-corrected chi connectivity index (χ2v) is 3.69. The zero-order valence-corrected chi connectivity index (χ0v) is 8.82. The Kier molecular flexibility index (Phi) is 2.86. The zero-order chi connectivity index (χ0) is 10.7. The van der Waals surface area contributed by atoms with E-state index in [1.54, 1.807) is 7.11 Å². The highest BCUT2D eigenvalue weighted by Gasteiger charge is 2.16. The molecule has 78 valence electrons. The van der Waals surface area contributed by atoms with Gasteiger partial charge in [0.1, 0.15) is 5.75 Å². The highest BCUT2D eigenvalue weighted by molar-refractivity contribution is 6.01. The van der Waals surface area contributed by atoms with Crippen LogP contribution >= 0.6 is 0 Å². The predicted octanol–water partition coefficient (Wildman–Crippen LogP) is 2.83. The van der Waals surface area contributed by atoms with Crippen LogP contribution in [0.5, 0.6) is 5.75 Å². The minimum Gasteiger partial charge on any atom is -0.496 e. The molecular formula is C13H14O2. The molecule has 0 bridgehead atoms. The van der Waals surface area contributed by atoms with Crippen molar-refractivity contribution in [3.8, 4) is 5.75 Å². The number of ether oxygens (including phenoxy) is 1. The van der Waals surface area contributed by atoms with Gasteiger partial charge in [-0.15, -0.1) is 0 Å². The van der Waals surface area contributed by atoms with E-state index >= 15 is 0 Å². The summed E-state index contributed by atoms with van der Waals surface area (Å²) in [5, 5.41) is 0. The highest BCUT2D eigenvalue weighted by atomic mass is 16.5. The van der Waals surface area contributed by atoms with Crippen molar-refractivity contribution in [3.05, 3.63) is 35.4 Å². The van der Waals surface area contributed by atoms with Gasteiger partial charge in [-0.1, -0.05) is 18.2 Å². The maximum Gasteiger partial charge on any atom is 0.158 e. The summed E-state index contributed by atoms with van der Waals surface area (Å²) in [5.74, 6) is 1.10. The molecule has 1 saturated carbocycles. The summed E-state index contributed by atoms with van der Waals surface area (Å²) in [6, 6.07) is 7.76. The molecule has 0 aromatic heterocycles. The number of methoxy groups -OCH3 is 1. The molecular weight excluding hydrogens is 188 g/mol. The first-order chi connectivity index (χ1) is 7.31. The standard InChI is InChI=1S/C13H14O2/c1-15-13-8-3-2-5-11(13)9-10-6-4-7-12(10)14/h2-3,5,8-9H,4,6-7H2,1H3. The molecule has 0 radical (unpaired) electrons. The molecule has 2 heteroatoms. The van der Waals surface area contributed by atoms with E-state index in [0.717, 1.165) is 29.7 Å². The van der Waals surface area contributed by atoms with Crippen LogP contribution in [-0.4, -0.2) is 12.9 Å². The van der Waals surface area contributed by atoms with Gasteiger partial charge in [0.25, 0.3) is 0 Å². The summed E-state index contributed by atoms with van der Waals surface area (Å²) in [6.45, 7) is 0. The molecule has 1 aromatic carbocycles. The molecule has 2 rings (SSSR count). The number of rotatable bonds is 2. The summed E-state index contributed by atoms with van der Waals surface area (Å²) in [6.07, 6.45) is 4.53. The van der Waals surface area contributed by atoms with E-state index in [4.69, 9.17) is 4.74 Å². The van der Waals surface area contributed by atoms with Crippen molar-refractivity contribution >= 4 is 11.9 Å². The molecule has 1 fully saturated rings. The second-order valence-electron chi connectivity index (χ2n) is 3.69.